The van der Waals surface area contributed by atoms with Gasteiger partial charge in [-0.15, -0.1) is 0 Å². The van der Waals surface area contributed by atoms with E-state index in [0.717, 1.165) is 31.7 Å². The highest BCUT2D eigenvalue weighted by molar-refractivity contribution is 5.20. The first kappa shape index (κ1) is 10.3. The van der Waals surface area contributed by atoms with Gasteiger partial charge in [-0.3, -0.25) is 0 Å². The van der Waals surface area contributed by atoms with Gasteiger partial charge < -0.3 is 15.7 Å². The highest BCUT2D eigenvalue weighted by atomic mass is 16.3. The lowest BCUT2D eigenvalue weighted by molar-refractivity contribution is 0.220. The van der Waals surface area contributed by atoms with Crippen LogP contribution in [-0.2, 0) is 0 Å². The molecule has 0 aliphatic carbocycles. The standard InChI is InChI=1S/C10H16N4O/c11-10-12-3-1-9(13-10)8-2-4-14(7-8)5-6-15/h1,3,8,15H,2,4-7H2,(H2,11,12,13)/t8-/m1/s1. The van der Waals surface area contributed by atoms with Crippen molar-refractivity contribution < 1.29 is 5.11 Å². The number of rotatable bonds is 3. The van der Waals surface area contributed by atoms with E-state index in [2.05, 4.69) is 14.9 Å². The SMILES string of the molecule is Nc1nccc([C@@H]2CCN(CCO)C2)n1. The van der Waals surface area contributed by atoms with E-state index in [4.69, 9.17) is 10.8 Å². The Balaban J connectivity index is 2.01. The molecule has 2 rings (SSSR count). The van der Waals surface area contributed by atoms with E-state index >= 15 is 0 Å². The van der Waals surface area contributed by atoms with Gasteiger partial charge in [0.05, 0.1) is 12.3 Å². The van der Waals surface area contributed by atoms with Crippen LogP contribution < -0.4 is 5.73 Å². The van der Waals surface area contributed by atoms with Gasteiger partial charge in [0, 0.05) is 25.2 Å². The predicted octanol–water partition coefficient (Wildman–Crippen LogP) is -0.160. The molecule has 5 nitrogen and oxygen atoms in total. The van der Waals surface area contributed by atoms with E-state index in [-0.39, 0.29) is 6.61 Å². The fourth-order valence-corrected chi connectivity index (χ4v) is 2.03. The number of nitrogen functional groups attached to an aromatic ring is 1. The number of nitrogens with zero attached hydrogens (tertiary/aromatic N) is 3. The van der Waals surface area contributed by atoms with Crippen molar-refractivity contribution in [2.24, 2.45) is 0 Å². The maximum atomic E-state index is 8.84. The third-order valence-corrected chi connectivity index (χ3v) is 2.80. The molecule has 0 amide bonds. The summed E-state index contributed by atoms with van der Waals surface area (Å²) in [5, 5.41) is 8.84. The topological polar surface area (TPSA) is 75.3 Å². The molecule has 0 unspecified atom stereocenters. The average Bonchev–Trinajstić information content (AvgIpc) is 2.67. The van der Waals surface area contributed by atoms with Crippen molar-refractivity contribution in [3.8, 4) is 0 Å². The molecule has 15 heavy (non-hydrogen) atoms. The van der Waals surface area contributed by atoms with Crippen molar-refractivity contribution in [2.75, 3.05) is 32.0 Å². The minimum atomic E-state index is 0.221. The Kier molecular flexibility index (Phi) is 3.13. The van der Waals surface area contributed by atoms with Gasteiger partial charge in [-0.25, -0.2) is 9.97 Å². The van der Waals surface area contributed by atoms with E-state index in [9.17, 15) is 0 Å². The number of hydrogen-bond donors (Lipinski definition) is 2. The van der Waals surface area contributed by atoms with Crippen molar-refractivity contribution in [2.45, 2.75) is 12.3 Å². The van der Waals surface area contributed by atoms with E-state index in [1.807, 2.05) is 6.07 Å². The Labute approximate surface area is 88.9 Å². The van der Waals surface area contributed by atoms with Crippen molar-refractivity contribution in [3.05, 3.63) is 18.0 Å². The van der Waals surface area contributed by atoms with Crippen LogP contribution in [0.2, 0.25) is 0 Å². The highest BCUT2D eigenvalue weighted by Gasteiger charge is 2.24. The van der Waals surface area contributed by atoms with Gasteiger partial charge in [0.25, 0.3) is 0 Å². The lowest BCUT2D eigenvalue weighted by Crippen LogP contribution is -2.24. The smallest absolute Gasteiger partial charge is 0.220 e. The second kappa shape index (κ2) is 4.55. The molecule has 0 aromatic carbocycles. The Hall–Kier alpha value is -1.20. The number of hydrogen-bond acceptors (Lipinski definition) is 5. The molecule has 3 N–H and O–H groups in total. The summed E-state index contributed by atoms with van der Waals surface area (Å²) >= 11 is 0. The first-order chi connectivity index (χ1) is 7.29. The first-order valence-corrected chi connectivity index (χ1v) is 5.21. The third kappa shape index (κ3) is 2.43. The number of anilines is 1. The Bertz CT molecular complexity index is 331. The van der Waals surface area contributed by atoms with Gasteiger partial charge in [-0.05, 0) is 19.0 Å². The Morgan fingerprint density at radius 3 is 3.20 bits per heavy atom. The Morgan fingerprint density at radius 1 is 1.60 bits per heavy atom. The number of aromatic nitrogens is 2. The van der Waals surface area contributed by atoms with Crippen molar-refractivity contribution in [1.82, 2.24) is 14.9 Å². The quantitative estimate of drug-likeness (QED) is 0.722. The average molecular weight is 208 g/mol. The maximum absolute atomic E-state index is 8.84. The molecule has 0 radical (unpaired) electrons. The van der Waals surface area contributed by atoms with Crippen molar-refractivity contribution in [3.63, 3.8) is 0 Å². The Morgan fingerprint density at radius 2 is 2.47 bits per heavy atom. The molecular weight excluding hydrogens is 192 g/mol. The molecule has 0 saturated carbocycles. The molecule has 1 fully saturated rings. The summed E-state index contributed by atoms with van der Waals surface area (Å²) in [6.07, 6.45) is 2.78. The second-order valence-corrected chi connectivity index (χ2v) is 3.85. The molecule has 1 aliphatic rings. The van der Waals surface area contributed by atoms with Crippen LogP contribution >= 0.6 is 0 Å². The monoisotopic (exact) mass is 208 g/mol. The van der Waals surface area contributed by atoms with Crippen molar-refractivity contribution >= 4 is 5.95 Å². The number of β-amino-alcohol motifs (C(OH)–C–C–N with tert-alkyl or cyclic N) is 1. The molecular formula is C10H16N4O. The zero-order valence-electron chi connectivity index (χ0n) is 8.63. The van der Waals surface area contributed by atoms with Crippen LogP contribution in [0.3, 0.4) is 0 Å². The van der Waals surface area contributed by atoms with Crippen LogP contribution in [0, 0.1) is 0 Å². The van der Waals surface area contributed by atoms with Gasteiger partial charge in [0.2, 0.25) is 5.95 Å². The third-order valence-electron chi connectivity index (χ3n) is 2.80. The zero-order chi connectivity index (χ0) is 10.7. The molecule has 1 saturated heterocycles. The molecule has 5 heteroatoms. The van der Waals surface area contributed by atoms with E-state index < -0.39 is 0 Å². The minimum absolute atomic E-state index is 0.221. The molecule has 1 aliphatic heterocycles. The fraction of sp³-hybridized carbons (Fsp3) is 0.600. The lowest BCUT2D eigenvalue weighted by Gasteiger charge is -2.13. The van der Waals surface area contributed by atoms with Crippen LogP contribution in [0.5, 0.6) is 0 Å². The summed E-state index contributed by atoms with van der Waals surface area (Å²) in [6, 6.07) is 1.92. The zero-order valence-corrected chi connectivity index (χ0v) is 8.63. The molecule has 2 heterocycles. The number of nitrogens with two attached hydrogens (primary N) is 1. The van der Waals surface area contributed by atoms with Crippen LogP contribution in [-0.4, -0.2) is 46.2 Å². The van der Waals surface area contributed by atoms with E-state index in [0.29, 0.717) is 11.9 Å². The minimum Gasteiger partial charge on any atom is -0.395 e. The largest absolute Gasteiger partial charge is 0.395 e. The van der Waals surface area contributed by atoms with Gasteiger partial charge >= 0.3 is 0 Å². The molecule has 1 atom stereocenters. The molecule has 1 aromatic rings. The molecule has 1 aromatic heterocycles. The summed E-state index contributed by atoms with van der Waals surface area (Å²) in [5.74, 6) is 0.773. The van der Waals surface area contributed by atoms with Crippen LogP contribution in [0.4, 0.5) is 5.95 Å². The van der Waals surface area contributed by atoms with Crippen LogP contribution in [0.25, 0.3) is 0 Å². The second-order valence-electron chi connectivity index (χ2n) is 3.85. The molecule has 0 spiro atoms. The van der Waals surface area contributed by atoms with Gasteiger partial charge in [0.15, 0.2) is 0 Å². The van der Waals surface area contributed by atoms with Crippen LogP contribution in [0.1, 0.15) is 18.0 Å². The van der Waals surface area contributed by atoms with Gasteiger partial charge in [0.1, 0.15) is 0 Å². The van der Waals surface area contributed by atoms with Gasteiger partial charge in [-0.1, -0.05) is 0 Å². The highest BCUT2D eigenvalue weighted by Crippen LogP contribution is 2.25. The van der Waals surface area contributed by atoms with E-state index in [1.54, 1.807) is 6.20 Å². The van der Waals surface area contributed by atoms with Crippen LogP contribution in [0.15, 0.2) is 12.3 Å². The summed E-state index contributed by atoms with van der Waals surface area (Å²) < 4.78 is 0. The summed E-state index contributed by atoms with van der Waals surface area (Å²) in [5.41, 5.74) is 6.56. The molecule has 82 valence electrons. The van der Waals surface area contributed by atoms with Crippen molar-refractivity contribution in [1.29, 1.82) is 0 Å². The van der Waals surface area contributed by atoms with E-state index in [1.165, 1.54) is 0 Å². The predicted molar refractivity (Wildman–Crippen MR) is 57.3 cm³/mol. The number of aliphatic hydroxyl groups excluding tert-OH is 1. The summed E-state index contributed by atoms with van der Waals surface area (Å²) in [6.45, 7) is 2.95. The maximum Gasteiger partial charge on any atom is 0.220 e. The van der Waals surface area contributed by atoms with Gasteiger partial charge in [-0.2, -0.15) is 0 Å². The lowest BCUT2D eigenvalue weighted by atomic mass is 10.1. The number of likely N-dealkylation sites (tertiary alicyclic amines) is 1. The number of aliphatic hydroxyl groups is 1. The first-order valence-electron chi connectivity index (χ1n) is 5.21. The normalized spacial score (nSPS) is 22.1. The molecule has 0 bridgehead atoms. The summed E-state index contributed by atoms with van der Waals surface area (Å²) in [7, 11) is 0. The fourth-order valence-electron chi connectivity index (χ4n) is 2.03. The summed E-state index contributed by atoms with van der Waals surface area (Å²) in [4.78, 5) is 10.3.